The number of urea groups is 1. The smallest absolute Gasteiger partial charge is 0.335 e. The summed E-state index contributed by atoms with van der Waals surface area (Å²) >= 11 is 6.27. The summed E-state index contributed by atoms with van der Waals surface area (Å²) < 4.78 is 5.50. The molecule has 0 spiro atoms. The molecule has 1 atom stereocenters. The van der Waals surface area contributed by atoms with Crippen LogP contribution >= 0.6 is 11.6 Å². The highest BCUT2D eigenvalue weighted by Crippen LogP contribution is 2.26. The first-order valence-electron chi connectivity index (χ1n) is 8.76. The van der Waals surface area contributed by atoms with Crippen molar-refractivity contribution in [3.05, 3.63) is 58.9 Å². The number of amides is 3. The highest BCUT2D eigenvalue weighted by molar-refractivity contribution is 6.32. The number of hydrazone groups is 1. The Labute approximate surface area is 167 Å². The van der Waals surface area contributed by atoms with Gasteiger partial charge in [-0.1, -0.05) is 17.7 Å². The molecule has 0 saturated carbocycles. The molecule has 0 saturated heterocycles. The van der Waals surface area contributed by atoms with E-state index in [1.54, 1.807) is 24.4 Å². The fourth-order valence-electron chi connectivity index (χ4n) is 2.67. The van der Waals surface area contributed by atoms with Gasteiger partial charge in [-0.15, -0.1) is 0 Å². The van der Waals surface area contributed by atoms with Gasteiger partial charge in [-0.05, 0) is 37.3 Å². The molecule has 0 radical (unpaired) electrons. The minimum absolute atomic E-state index is 0.143. The molecule has 1 unspecified atom stereocenters. The van der Waals surface area contributed by atoms with Crippen LogP contribution in [-0.2, 0) is 11.2 Å². The fourth-order valence-corrected chi connectivity index (χ4v) is 2.90. The van der Waals surface area contributed by atoms with Crippen molar-refractivity contribution in [2.45, 2.75) is 19.4 Å². The van der Waals surface area contributed by atoms with Gasteiger partial charge in [-0.25, -0.2) is 10.2 Å². The lowest BCUT2D eigenvalue weighted by Crippen LogP contribution is -2.48. The Morgan fingerprint density at radius 2 is 2.18 bits per heavy atom. The predicted molar refractivity (Wildman–Crippen MR) is 106 cm³/mol. The molecule has 146 valence electrons. The van der Waals surface area contributed by atoms with Crippen LogP contribution in [0.3, 0.4) is 0 Å². The number of benzene rings is 1. The zero-order chi connectivity index (χ0) is 19.9. The number of hydrogen-bond donors (Lipinski definition) is 3. The third kappa shape index (κ3) is 5.20. The van der Waals surface area contributed by atoms with E-state index in [0.29, 0.717) is 29.4 Å². The van der Waals surface area contributed by atoms with E-state index >= 15 is 0 Å². The Morgan fingerprint density at radius 3 is 2.89 bits per heavy atom. The van der Waals surface area contributed by atoms with Gasteiger partial charge in [0.2, 0.25) is 0 Å². The van der Waals surface area contributed by atoms with Gasteiger partial charge >= 0.3 is 6.03 Å². The number of nitrogens with zero attached hydrogens (tertiary/aromatic N) is 2. The fraction of sp³-hybridized carbons (Fsp3) is 0.263. The van der Waals surface area contributed by atoms with E-state index in [1.807, 2.05) is 25.1 Å². The second-order valence-electron chi connectivity index (χ2n) is 6.16. The van der Waals surface area contributed by atoms with Crippen LogP contribution in [0.4, 0.5) is 4.79 Å². The molecule has 0 aliphatic carbocycles. The van der Waals surface area contributed by atoms with Gasteiger partial charge in [0, 0.05) is 30.4 Å². The standard InChI is InChI=1S/C19H20ClN5O3/c1-12-18(24-25-19(27)23-12)13-5-6-16(15(20)10-13)28-11-17(26)22-9-7-14-4-2-3-8-21-14/h2-6,8,10,12H,7,9,11H2,1H3,(H,22,26)(H2,23,25,27). The minimum Gasteiger partial charge on any atom is -0.482 e. The van der Waals surface area contributed by atoms with Crippen LogP contribution in [0.1, 0.15) is 18.2 Å². The molecule has 1 aromatic carbocycles. The van der Waals surface area contributed by atoms with Crippen LogP contribution < -0.4 is 20.8 Å². The zero-order valence-electron chi connectivity index (χ0n) is 15.2. The Hall–Kier alpha value is -3.13. The van der Waals surface area contributed by atoms with E-state index in [9.17, 15) is 9.59 Å². The molecule has 2 aromatic rings. The highest BCUT2D eigenvalue weighted by Gasteiger charge is 2.21. The molecule has 3 rings (SSSR count). The summed E-state index contributed by atoms with van der Waals surface area (Å²) in [5, 5.41) is 9.90. The van der Waals surface area contributed by atoms with Crippen LogP contribution in [0.2, 0.25) is 5.02 Å². The maximum absolute atomic E-state index is 11.9. The van der Waals surface area contributed by atoms with E-state index in [2.05, 4.69) is 26.1 Å². The minimum atomic E-state index is -0.351. The Morgan fingerprint density at radius 1 is 1.32 bits per heavy atom. The second kappa shape index (κ2) is 9.18. The summed E-state index contributed by atoms with van der Waals surface area (Å²) in [7, 11) is 0. The van der Waals surface area contributed by atoms with E-state index in [4.69, 9.17) is 16.3 Å². The van der Waals surface area contributed by atoms with Crippen molar-refractivity contribution in [3.8, 4) is 5.75 Å². The molecule has 3 N–H and O–H groups in total. The predicted octanol–water partition coefficient (Wildman–Crippen LogP) is 1.88. The lowest BCUT2D eigenvalue weighted by molar-refractivity contribution is -0.123. The molecular weight excluding hydrogens is 382 g/mol. The monoisotopic (exact) mass is 401 g/mol. The Balaban J connectivity index is 1.50. The van der Waals surface area contributed by atoms with E-state index in [1.165, 1.54) is 0 Å². The average molecular weight is 402 g/mol. The number of ether oxygens (including phenoxy) is 1. The normalized spacial score (nSPS) is 15.9. The van der Waals surface area contributed by atoms with Gasteiger partial charge in [0.1, 0.15) is 5.75 Å². The summed E-state index contributed by atoms with van der Waals surface area (Å²) in [6.07, 6.45) is 2.36. The van der Waals surface area contributed by atoms with Crippen LogP contribution in [0, 0.1) is 0 Å². The van der Waals surface area contributed by atoms with Gasteiger partial charge in [0.15, 0.2) is 6.61 Å². The lowest BCUT2D eigenvalue weighted by atomic mass is 10.0. The van der Waals surface area contributed by atoms with Crippen molar-refractivity contribution in [2.75, 3.05) is 13.2 Å². The van der Waals surface area contributed by atoms with E-state index < -0.39 is 0 Å². The summed E-state index contributed by atoms with van der Waals surface area (Å²) in [5.41, 5.74) is 4.68. The van der Waals surface area contributed by atoms with Gasteiger partial charge in [0.25, 0.3) is 5.91 Å². The highest BCUT2D eigenvalue weighted by atomic mass is 35.5. The van der Waals surface area contributed by atoms with Crippen molar-refractivity contribution in [3.63, 3.8) is 0 Å². The maximum Gasteiger partial charge on any atom is 0.335 e. The SMILES string of the molecule is CC1NC(=O)NN=C1c1ccc(OCC(=O)NCCc2ccccn2)c(Cl)c1. The first-order chi connectivity index (χ1) is 13.5. The van der Waals surface area contributed by atoms with E-state index in [-0.39, 0.29) is 24.6 Å². The number of nitrogens with one attached hydrogen (secondary N) is 3. The summed E-state index contributed by atoms with van der Waals surface area (Å²) in [6.45, 7) is 2.16. The number of carbonyl (C=O) groups is 2. The zero-order valence-corrected chi connectivity index (χ0v) is 16.0. The van der Waals surface area contributed by atoms with Gasteiger partial charge < -0.3 is 15.4 Å². The molecule has 0 fully saturated rings. The molecule has 1 aliphatic heterocycles. The van der Waals surface area contributed by atoms with Crippen molar-refractivity contribution >= 4 is 29.3 Å². The molecule has 8 nitrogen and oxygen atoms in total. The molecule has 1 aliphatic rings. The maximum atomic E-state index is 11.9. The van der Waals surface area contributed by atoms with Crippen LogP contribution in [0.25, 0.3) is 0 Å². The molecule has 1 aromatic heterocycles. The van der Waals surface area contributed by atoms with Crippen LogP contribution in [0.15, 0.2) is 47.7 Å². The number of halogens is 1. The summed E-state index contributed by atoms with van der Waals surface area (Å²) in [4.78, 5) is 27.4. The second-order valence-corrected chi connectivity index (χ2v) is 6.57. The number of carbonyl (C=O) groups excluding carboxylic acids is 2. The summed E-state index contributed by atoms with van der Waals surface area (Å²) in [6, 6.07) is 10.2. The first-order valence-corrected chi connectivity index (χ1v) is 9.14. The van der Waals surface area contributed by atoms with Crippen molar-refractivity contribution in [2.24, 2.45) is 5.10 Å². The number of hydrogen-bond acceptors (Lipinski definition) is 5. The number of rotatable bonds is 7. The molecule has 28 heavy (non-hydrogen) atoms. The van der Waals surface area contributed by atoms with Crippen molar-refractivity contribution < 1.29 is 14.3 Å². The number of pyridine rings is 1. The van der Waals surface area contributed by atoms with Gasteiger partial charge in [-0.3, -0.25) is 9.78 Å². The largest absolute Gasteiger partial charge is 0.482 e. The molecule has 0 bridgehead atoms. The van der Waals surface area contributed by atoms with Crippen molar-refractivity contribution in [1.29, 1.82) is 0 Å². The van der Waals surface area contributed by atoms with Crippen LogP contribution in [-0.4, -0.2) is 41.8 Å². The molecule has 2 heterocycles. The first kappa shape index (κ1) is 19.6. The third-order valence-electron chi connectivity index (χ3n) is 4.05. The summed E-state index contributed by atoms with van der Waals surface area (Å²) in [5.74, 6) is 0.152. The molecule has 3 amide bonds. The average Bonchev–Trinajstić information content (AvgIpc) is 2.68. The Kier molecular flexibility index (Phi) is 6.44. The number of aromatic nitrogens is 1. The lowest BCUT2D eigenvalue weighted by Gasteiger charge is -2.21. The Bertz CT molecular complexity index is 888. The molecule has 9 heteroatoms. The van der Waals surface area contributed by atoms with Gasteiger partial charge in [-0.2, -0.15) is 5.10 Å². The topological polar surface area (TPSA) is 105 Å². The van der Waals surface area contributed by atoms with Gasteiger partial charge in [0.05, 0.1) is 16.8 Å². The van der Waals surface area contributed by atoms with E-state index in [0.717, 1.165) is 11.3 Å². The molecular formula is C19H20ClN5O3. The van der Waals surface area contributed by atoms with Crippen molar-refractivity contribution in [1.82, 2.24) is 21.0 Å². The van der Waals surface area contributed by atoms with Crippen LogP contribution in [0.5, 0.6) is 5.75 Å². The quantitative estimate of drug-likeness (QED) is 0.658. The third-order valence-corrected chi connectivity index (χ3v) is 4.35.